The zero-order valence-electron chi connectivity index (χ0n) is 11.9. The van der Waals surface area contributed by atoms with Crippen LogP contribution in [0, 0.1) is 0 Å². The predicted molar refractivity (Wildman–Crippen MR) is 74.7 cm³/mol. The quantitative estimate of drug-likeness (QED) is 0.607. The molecule has 0 bridgehead atoms. The summed E-state index contributed by atoms with van der Waals surface area (Å²) in [6.07, 6.45) is 3.77. The van der Waals surface area contributed by atoms with Gasteiger partial charge in [0.2, 0.25) is 0 Å². The maximum Gasteiger partial charge on any atom is 0.281 e. The lowest BCUT2D eigenvalue weighted by Gasteiger charge is -2.27. The largest absolute Gasteiger partial charge is 0.317 e. The van der Waals surface area contributed by atoms with Gasteiger partial charge in [-0.1, -0.05) is 13.8 Å². The average Bonchev–Trinajstić information content (AvgIpc) is 3.15. The summed E-state index contributed by atoms with van der Waals surface area (Å²) in [6, 6.07) is 0.256. The lowest BCUT2D eigenvalue weighted by Crippen LogP contribution is -2.44. The zero-order valence-corrected chi connectivity index (χ0v) is 12.7. The van der Waals surface area contributed by atoms with E-state index >= 15 is 0 Å². The normalized spacial score (nSPS) is 16.7. The molecule has 0 radical (unpaired) electrons. The number of hydrogen-bond acceptors (Lipinski definition) is 3. The molecular formula is C12H27N3O2S. The van der Waals surface area contributed by atoms with E-state index in [4.69, 9.17) is 0 Å². The molecule has 0 aromatic carbocycles. The van der Waals surface area contributed by atoms with Crippen LogP contribution in [-0.2, 0) is 10.2 Å². The van der Waals surface area contributed by atoms with Gasteiger partial charge in [-0.25, -0.2) is 0 Å². The standard InChI is InChI=1S/C12H27N3O2S/c1-4-10-15(12-7-8-12)18(16,17)14(3)11-6-9-13-5-2/h12-13H,4-11H2,1-3H3. The van der Waals surface area contributed by atoms with Crippen molar-refractivity contribution in [1.82, 2.24) is 13.9 Å². The van der Waals surface area contributed by atoms with Gasteiger partial charge < -0.3 is 5.32 Å². The lowest BCUT2D eigenvalue weighted by molar-refractivity contribution is 0.349. The first kappa shape index (κ1) is 15.9. The number of nitrogens with zero attached hydrogens (tertiary/aromatic N) is 2. The molecule has 1 aliphatic carbocycles. The monoisotopic (exact) mass is 277 g/mol. The second-order valence-corrected chi connectivity index (χ2v) is 6.87. The second-order valence-electron chi connectivity index (χ2n) is 4.88. The second kappa shape index (κ2) is 7.43. The minimum atomic E-state index is -3.25. The zero-order chi connectivity index (χ0) is 13.6. The summed E-state index contributed by atoms with van der Waals surface area (Å²) in [5, 5.41) is 3.21. The van der Waals surface area contributed by atoms with Crippen molar-refractivity contribution in [2.45, 2.75) is 45.6 Å². The van der Waals surface area contributed by atoms with Gasteiger partial charge in [-0.3, -0.25) is 0 Å². The molecule has 1 fully saturated rings. The third kappa shape index (κ3) is 4.50. The Morgan fingerprint density at radius 2 is 1.89 bits per heavy atom. The molecule has 0 saturated heterocycles. The van der Waals surface area contributed by atoms with Crippen LogP contribution in [-0.4, -0.2) is 56.3 Å². The SMILES string of the molecule is CCCN(C1CC1)S(=O)(=O)N(C)CCCNCC. The Morgan fingerprint density at radius 3 is 2.39 bits per heavy atom. The minimum Gasteiger partial charge on any atom is -0.317 e. The van der Waals surface area contributed by atoms with Crippen LogP contribution in [0.3, 0.4) is 0 Å². The first-order valence-corrected chi connectivity index (χ1v) is 8.37. The first-order valence-electron chi connectivity index (χ1n) is 6.97. The van der Waals surface area contributed by atoms with Crippen LogP contribution in [0.25, 0.3) is 0 Å². The van der Waals surface area contributed by atoms with Crippen molar-refractivity contribution in [3.05, 3.63) is 0 Å². The van der Waals surface area contributed by atoms with E-state index < -0.39 is 10.2 Å². The summed E-state index contributed by atoms with van der Waals surface area (Å²) in [6.45, 7) is 7.10. The molecule has 6 heteroatoms. The summed E-state index contributed by atoms with van der Waals surface area (Å²) in [5.41, 5.74) is 0. The maximum absolute atomic E-state index is 12.4. The summed E-state index contributed by atoms with van der Waals surface area (Å²) in [5.74, 6) is 0. The molecular weight excluding hydrogens is 250 g/mol. The predicted octanol–water partition coefficient (Wildman–Crippen LogP) is 1.04. The molecule has 0 aromatic heterocycles. The topological polar surface area (TPSA) is 52.7 Å². The van der Waals surface area contributed by atoms with E-state index in [1.807, 2.05) is 6.92 Å². The van der Waals surface area contributed by atoms with Gasteiger partial charge in [0.1, 0.15) is 0 Å². The summed E-state index contributed by atoms with van der Waals surface area (Å²) in [4.78, 5) is 0. The van der Waals surface area contributed by atoms with Crippen molar-refractivity contribution in [3.8, 4) is 0 Å². The van der Waals surface area contributed by atoms with Gasteiger partial charge in [0.25, 0.3) is 10.2 Å². The molecule has 5 nitrogen and oxygen atoms in total. The summed E-state index contributed by atoms with van der Waals surface area (Å²) >= 11 is 0. The molecule has 1 N–H and O–H groups in total. The van der Waals surface area contributed by atoms with E-state index in [0.29, 0.717) is 13.1 Å². The fourth-order valence-corrected chi connectivity index (χ4v) is 3.69. The fraction of sp³-hybridized carbons (Fsp3) is 1.00. The van der Waals surface area contributed by atoms with Crippen LogP contribution in [0.4, 0.5) is 0 Å². The highest BCUT2D eigenvalue weighted by Crippen LogP contribution is 2.30. The number of nitrogens with one attached hydrogen (secondary N) is 1. The summed E-state index contributed by atoms with van der Waals surface area (Å²) < 4.78 is 28.0. The Bertz CT molecular complexity index is 328. The van der Waals surface area contributed by atoms with Crippen molar-refractivity contribution in [2.75, 3.05) is 33.2 Å². The van der Waals surface area contributed by atoms with Gasteiger partial charge >= 0.3 is 0 Å². The number of hydrogen-bond donors (Lipinski definition) is 1. The lowest BCUT2D eigenvalue weighted by atomic mass is 10.4. The molecule has 108 valence electrons. The van der Waals surface area contributed by atoms with Crippen molar-refractivity contribution in [2.24, 2.45) is 0 Å². The van der Waals surface area contributed by atoms with E-state index in [9.17, 15) is 8.42 Å². The molecule has 0 aliphatic heterocycles. The van der Waals surface area contributed by atoms with Gasteiger partial charge in [0.05, 0.1) is 0 Å². The fourth-order valence-electron chi connectivity index (χ4n) is 1.97. The summed E-state index contributed by atoms with van der Waals surface area (Å²) in [7, 11) is -1.56. The Balaban J connectivity index is 2.48. The van der Waals surface area contributed by atoms with Crippen LogP contribution in [0.2, 0.25) is 0 Å². The van der Waals surface area contributed by atoms with Gasteiger partial charge in [-0.15, -0.1) is 0 Å². The molecule has 18 heavy (non-hydrogen) atoms. The molecule has 0 spiro atoms. The van der Waals surface area contributed by atoms with Crippen LogP contribution in [0.1, 0.15) is 39.5 Å². The van der Waals surface area contributed by atoms with Crippen LogP contribution >= 0.6 is 0 Å². The van der Waals surface area contributed by atoms with Gasteiger partial charge in [-0.2, -0.15) is 17.0 Å². The minimum absolute atomic E-state index is 0.256. The van der Waals surface area contributed by atoms with Crippen LogP contribution < -0.4 is 5.32 Å². The Kier molecular flexibility index (Phi) is 6.55. The highest BCUT2D eigenvalue weighted by molar-refractivity contribution is 7.86. The van der Waals surface area contributed by atoms with E-state index in [-0.39, 0.29) is 6.04 Å². The van der Waals surface area contributed by atoms with E-state index in [0.717, 1.165) is 38.8 Å². The van der Waals surface area contributed by atoms with E-state index in [2.05, 4.69) is 12.2 Å². The van der Waals surface area contributed by atoms with Crippen LogP contribution in [0.5, 0.6) is 0 Å². The average molecular weight is 277 g/mol. The van der Waals surface area contributed by atoms with Crippen molar-refractivity contribution in [3.63, 3.8) is 0 Å². The first-order chi connectivity index (χ1) is 8.54. The molecule has 1 saturated carbocycles. The van der Waals surface area contributed by atoms with Crippen molar-refractivity contribution in [1.29, 1.82) is 0 Å². The molecule has 1 rings (SSSR count). The van der Waals surface area contributed by atoms with Gasteiger partial charge in [0.15, 0.2) is 0 Å². The smallest absolute Gasteiger partial charge is 0.281 e. The van der Waals surface area contributed by atoms with Crippen LogP contribution in [0.15, 0.2) is 0 Å². The highest BCUT2D eigenvalue weighted by Gasteiger charge is 2.38. The molecule has 0 heterocycles. The Labute approximate surface area is 112 Å². The molecule has 0 aromatic rings. The van der Waals surface area contributed by atoms with Crippen molar-refractivity contribution < 1.29 is 8.42 Å². The Morgan fingerprint density at radius 1 is 1.22 bits per heavy atom. The maximum atomic E-state index is 12.4. The third-order valence-electron chi connectivity index (χ3n) is 3.16. The molecule has 1 aliphatic rings. The molecule has 0 atom stereocenters. The Hall–Kier alpha value is -0.170. The molecule has 0 unspecified atom stereocenters. The molecule has 0 amide bonds. The van der Waals surface area contributed by atoms with Gasteiger partial charge in [-0.05, 0) is 38.8 Å². The van der Waals surface area contributed by atoms with E-state index in [1.54, 1.807) is 11.4 Å². The van der Waals surface area contributed by atoms with Gasteiger partial charge in [0, 0.05) is 26.2 Å². The van der Waals surface area contributed by atoms with E-state index in [1.165, 1.54) is 4.31 Å². The number of rotatable bonds is 10. The highest BCUT2D eigenvalue weighted by atomic mass is 32.2. The third-order valence-corrected chi connectivity index (χ3v) is 5.21. The van der Waals surface area contributed by atoms with Crippen molar-refractivity contribution >= 4 is 10.2 Å².